The molecule has 0 unspecified atom stereocenters. The highest BCUT2D eigenvalue weighted by Crippen LogP contribution is 2.33. The number of benzene rings is 2. The molecule has 3 aromatic rings. The maximum absolute atomic E-state index is 11.7. The third-order valence-electron chi connectivity index (χ3n) is 3.58. The van der Waals surface area contributed by atoms with Gasteiger partial charge in [-0.15, -0.1) is 0 Å². The van der Waals surface area contributed by atoms with E-state index in [4.69, 9.17) is 9.47 Å². The molecular weight excluding hydrogens is 266 g/mol. The fraction of sp³-hybridized carbons (Fsp3) is 0.235. The molecule has 1 aromatic heterocycles. The molecular formula is C17H17NO3. The number of fused-ring (bicyclic) bond motifs is 3. The number of para-hydroxylation sites is 2. The van der Waals surface area contributed by atoms with E-state index in [0.29, 0.717) is 6.61 Å². The number of H-pyrrole nitrogens is 1. The minimum absolute atomic E-state index is 0.212. The number of hydrogen-bond acceptors (Lipinski definition) is 3. The number of methoxy groups -OCH3 is 1. The van der Waals surface area contributed by atoms with Gasteiger partial charge in [-0.3, -0.25) is 4.79 Å². The molecule has 21 heavy (non-hydrogen) atoms. The summed E-state index contributed by atoms with van der Waals surface area (Å²) < 4.78 is 10.4. The lowest BCUT2D eigenvalue weighted by molar-refractivity contribution is -0.142. The Hall–Kier alpha value is -2.49. The molecule has 0 bridgehead atoms. The predicted molar refractivity (Wildman–Crippen MR) is 82.7 cm³/mol. The SMILES string of the molecule is CCOC(=O)Cc1cccc2c1[nH]c1c(OC)cccc12. The maximum Gasteiger partial charge on any atom is 0.310 e. The molecule has 3 rings (SSSR count). The van der Waals surface area contributed by atoms with E-state index in [-0.39, 0.29) is 12.4 Å². The Morgan fingerprint density at radius 3 is 2.52 bits per heavy atom. The summed E-state index contributed by atoms with van der Waals surface area (Å²) in [7, 11) is 1.65. The number of nitrogens with one attached hydrogen (secondary N) is 1. The van der Waals surface area contributed by atoms with Crippen molar-refractivity contribution in [3.05, 3.63) is 42.0 Å². The van der Waals surface area contributed by atoms with E-state index in [1.165, 1.54) is 0 Å². The minimum atomic E-state index is -0.212. The lowest BCUT2D eigenvalue weighted by Gasteiger charge is -2.03. The second kappa shape index (κ2) is 5.48. The van der Waals surface area contributed by atoms with E-state index < -0.39 is 0 Å². The van der Waals surface area contributed by atoms with Gasteiger partial charge >= 0.3 is 5.97 Å². The second-order valence-corrected chi connectivity index (χ2v) is 4.83. The number of ether oxygens (including phenoxy) is 2. The van der Waals surface area contributed by atoms with Gasteiger partial charge in [0.2, 0.25) is 0 Å². The number of carbonyl (C=O) groups is 1. The van der Waals surface area contributed by atoms with Crippen molar-refractivity contribution < 1.29 is 14.3 Å². The summed E-state index contributed by atoms with van der Waals surface area (Å²) in [5, 5.41) is 2.18. The zero-order valence-electron chi connectivity index (χ0n) is 12.1. The van der Waals surface area contributed by atoms with Gasteiger partial charge in [0.15, 0.2) is 0 Å². The number of aromatic amines is 1. The molecule has 0 aliphatic heterocycles. The first-order chi connectivity index (χ1) is 10.2. The Labute approximate surface area is 122 Å². The summed E-state index contributed by atoms with van der Waals surface area (Å²) in [6.45, 7) is 2.21. The Bertz CT molecular complexity index is 804. The highest BCUT2D eigenvalue weighted by Gasteiger charge is 2.13. The third kappa shape index (κ3) is 2.33. The molecule has 0 saturated heterocycles. The Morgan fingerprint density at radius 1 is 1.10 bits per heavy atom. The number of hydrogen-bond donors (Lipinski definition) is 1. The van der Waals surface area contributed by atoms with Crippen molar-refractivity contribution >= 4 is 27.8 Å². The zero-order chi connectivity index (χ0) is 14.8. The summed E-state index contributed by atoms with van der Waals surface area (Å²) in [5.74, 6) is 0.585. The van der Waals surface area contributed by atoms with Crippen molar-refractivity contribution in [2.75, 3.05) is 13.7 Å². The first kappa shape index (κ1) is 13.5. The average molecular weight is 283 g/mol. The molecule has 0 spiro atoms. The second-order valence-electron chi connectivity index (χ2n) is 4.83. The molecule has 0 aliphatic rings. The Balaban J connectivity index is 2.17. The van der Waals surface area contributed by atoms with Crippen LogP contribution in [0.4, 0.5) is 0 Å². The normalized spacial score (nSPS) is 11.0. The number of rotatable bonds is 4. The van der Waals surface area contributed by atoms with Crippen molar-refractivity contribution in [3.63, 3.8) is 0 Å². The van der Waals surface area contributed by atoms with Crippen molar-refractivity contribution in [1.82, 2.24) is 4.98 Å². The lowest BCUT2D eigenvalue weighted by atomic mass is 10.1. The van der Waals surface area contributed by atoms with Crippen LogP contribution >= 0.6 is 0 Å². The smallest absolute Gasteiger partial charge is 0.310 e. The predicted octanol–water partition coefficient (Wildman–Crippen LogP) is 3.44. The van der Waals surface area contributed by atoms with Crippen LogP contribution in [-0.4, -0.2) is 24.7 Å². The number of aromatic nitrogens is 1. The largest absolute Gasteiger partial charge is 0.495 e. The topological polar surface area (TPSA) is 51.3 Å². The highest BCUT2D eigenvalue weighted by molar-refractivity contribution is 6.10. The highest BCUT2D eigenvalue weighted by atomic mass is 16.5. The van der Waals surface area contributed by atoms with Gasteiger partial charge in [0.05, 0.1) is 31.2 Å². The molecule has 0 saturated carbocycles. The van der Waals surface area contributed by atoms with Crippen LogP contribution in [0.25, 0.3) is 21.8 Å². The molecule has 4 heteroatoms. The van der Waals surface area contributed by atoms with Crippen LogP contribution in [0.15, 0.2) is 36.4 Å². The lowest BCUT2D eigenvalue weighted by Crippen LogP contribution is -2.07. The van der Waals surface area contributed by atoms with Gasteiger partial charge in [-0.25, -0.2) is 0 Å². The van der Waals surface area contributed by atoms with Gasteiger partial charge in [-0.2, -0.15) is 0 Å². The van der Waals surface area contributed by atoms with E-state index in [9.17, 15) is 4.79 Å². The molecule has 0 amide bonds. The quantitative estimate of drug-likeness (QED) is 0.746. The molecule has 1 N–H and O–H groups in total. The van der Waals surface area contributed by atoms with E-state index in [1.54, 1.807) is 7.11 Å². The van der Waals surface area contributed by atoms with Crippen LogP contribution in [0.2, 0.25) is 0 Å². The van der Waals surface area contributed by atoms with E-state index in [0.717, 1.165) is 33.1 Å². The molecule has 0 fully saturated rings. The molecule has 108 valence electrons. The first-order valence-corrected chi connectivity index (χ1v) is 6.96. The summed E-state index contributed by atoms with van der Waals surface area (Å²) in [5.41, 5.74) is 2.85. The Kier molecular flexibility index (Phi) is 3.52. The van der Waals surface area contributed by atoms with E-state index in [1.807, 2.05) is 43.3 Å². The van der Waals surface area contributed by atoms with Crippen LogP contribution in [-0.2, 0) is 16.0 Å². The van der Waals surface area contributed by atoms with Crippen LogP contribution < -0.4 is 4.74 Å². The van der Waals surface area contributed by atoms with Crippen LogP contribution in [0.5, 0.6) is 5.75 Å². The van der Waals surface area contributed by atoms with Gasteiger partial charge in [0.1, 0.15) is 5.75 Å². The summed E-state index contributed by atoms with van der Waals surface area (Å²) in [4.78, 5) is 15.1. The Morgan fingerprint density at radius 2 is 1.81 bits per heavy atom. The first-order valence-electron chi connectivity index (χ1n) is 6.96. The van der Waals surface area contributed by atoms with Crippen molar-refractivity contribution in [1.29, 1.82) is 0 Å². The third-order valence-corrected chi connectivity index (χ3v) is 3.58. The molecule has 0 radical (unpaired) electrons. The maximum atomic E-state index is 11.7. The van der Waals surface area contributed by atoms with Crippen LogP contribution in [0.3, 0.4) is 0 Å². The van der Waals surface area contributed by atoms with Gasteiger partial charge in [0.25, 0.3) is 0 Å². The fourth-order valence-corrected chi connectivity index (χ4v) is 2.67. The molecule has 1 heterocycles. The monoisotopic (exact) mass is 283 g/mol. The van der Waals surface area contributed by atoms with Crippen molar-refractivity contribution in [3.8, 4) is 5.75 Å². The van der Waals surface area contributed by atoms with Gasteiger partial charge in [-0.1, -0.05) is 30.3 Å². The van der Waals surface area contributed by atoms with Crippen LogP contribution in [0.1, 0.15) is 12.5 Å². The molecule has 4 nitrogen and oxygen atoms in total. The van der Waals surface area contributed by atoms with Crippen molar-refractivity contribution in [2.24, 2.45) is 0 Å². The van der Waals surface area contributed by atoms with Crippen molar-refractivity contribution in [2.45, 2.75) is 13.3 Å². The fourth-order valence-electron chi connectivity index (χ4n) is 2.67. The minimum Gasteiger partial charge on any atom is -0.495 e. The summed E-state index contributed by atoms with van der Waals surface area (Å²) in [6, 6.07) is 11.9. The summed E-state index contributed by atoms with van der Waals surface area (Å²) in [6.07, 6.45) is 0.264. The number of carbonyl (C=O) groups excluding carboxylic acids is 1. The zero-order valence-corrected chi connectivity index (χ0v) is 12.1. The average Bonchev–Trinajstić information content (AvgIpc) is 2.87. The van der Waals surface area contributed by atoms with Gasteiger partial charge in [-0.05, 0) is 18.6 Å². The van der Waals surface area contributed by atoms with Gasteiger partial charge in [0, 0.05) is 10.8 Å². The standard InChI is InChI=1S/C17H17NO3/c1-3-21-15(19)10-11-6-4-7-12-13-8-5-9-14(20-2)17(13)18-16(11)12/h4-9,18H,3,10H2,1-2H3. The van der Waals surface area contributed by atoms with E-state index >= 15 is 0 Å². The van der Waals surface area contributed by atoms with Gasteiger partial charge < -0.3 is 14.5 Å². The van der Waals surface area contributed by atoms with E-state index in [2.05, 4.69) is 4.98 Å². The summed E-state index contributed by atoms with van der Waals surface area (Å²) >= 11 is 0. The molecule has 2 aromatic carbocycles. The van der Waals surface area contributed by atoms with Crippen LogP contribution in [0, 0.1) is 0 Å². The molecule has 0 aliphatic carbocycles. The number of esters is 1. The molecule has 0 atom stereocenters.